The van der Waals surface area contributed by atoms with Gasteiger partial charge in [0, 0.05) is 11.6 Å². The topological polar surface area (TPSA) is 96.7 Å². The van der Waals surface area contributed by atoms with Crippen molar-refractivity contribution < 1.29 is 9.90 Å². The number of pyridine rings is 1. The molecule has 0 spiro atoms. The normalized spacial score (nSPS) is 26.4. The Labute approximate surface area is 120 Å². The van der Waals surface area contributed by atoms with Crippen LogP contribution in [0, 0.1) is 0 Å². The Morgan fingerprint density at radius 1 is 1.38 bits per heavy atom. The van der Waals surface area contributed by atoms with Gasteiger partial charge >= 0.3 is 0 Å². The standard InChI is InChI=1S/C14H15N5O2/c20-8-14(21)4-1-9(2-5-14)19-12-10-3-6-15-13(10)16-7-11(12)17-18-19/h3,6-9,18,21H,1-2,4-5H2. The van der Waals surface area contributed by atoms with E-state index in [1.165, 1.54) is 0 Å². The van der Waals surface area contributed by atoms with Crippen LogP contribution in [0.2, 0.25) is 0 Å². The maximum Gasteiger partial charge on any atom is 0.161 e. The molecule has 21 heavy (non-hydrogen) atoms. The van der Waals surface area contributed by atoms with Crippen molar-refractivity contribution in [1.82, 2.24) is 25.0 Å². The number of aldehydes is 1. The van der Waals surface area contributed by atoms with E-state index in [4.69, 9.17) is 0 Å². The quantitative estimate of drug-likeness (QED) is 0.693. The fourth-order valence-corrected chi connectivity index (χ4v) is 3.17. The molecule has 1 aliphatic carbocycles. The molecule has 1 fully saturated rings. The number of hydrogen-bond donors (Lipinski definition) is 2. The lowest BCUT2D eigenvalue weighted by Gasteiger charge is -2.32. The molecule has 0 radical (unpaired) electrons. The summed E-state index contributed by atoms with van der Waals surface area (Å²) in [5, 5.41) is 18.3. The SMILES string of the molecule is O=CC1(O)CCC(n2[nH]nc3cnc4nccc4c32)CC1. The minimum Gasteiger partial charge on any atom is -0.382 e. The second kappa shape index (κ2) is 4.36. The van der Waals surface area contributed by atoms with Gasteiger partial charge in [-0.05, 0) is 31.7 Å². The van der Waals surface area contributed by atoms with Gasteiger partial charge in [0.05, 0.1) is 17.8 Å². The molecule has 3 heterocycles. The molecule has 3 aromatic heterocycles. The van der Waals surface area contributed by atoms with Crippen LogP contribution in [-0.4, -0.2) is 42.0 Å². The van der Waals surface area contributed by atoms with Crippen LogP contribution in [0.1, 0.15) is 31.7 Å². The van der Waals surface area contributed by atoms with Crippen LogP contribution in [0.15, 0.2) is 18.5 Å². The average molecular weight is 285 g/mol. The van der Waals surface area contributed by atoms with Crippen molar-refractivity contribution in [2.45, 2.75) is 37.3 Å². The van der Waals surface area contributed by atoms with E-state index >= 15 is 0 Å². The molecule has 0 bridgehead atoms. The Hall–Kier alpha value is -2.28. The predicted octanol–water partition coefficient (Wildman–Crippen LogP) is 1.35. The van der Waals surface area contributed by atoms with E-state index in [-0.39, 0.29) is 6.04 Å². The van der Waals surface area contributed by atoms with Gasteiger partial charge in [-0.15, -0.1) is 0 Å². The first-order valence-corrected chi connectivity index (χ1v) is 7.05. The summed E-state index contributed by atoms with van der Waals surface area (Å²) in [4.78, 5) is 19.4. The lowest BCUT2D eigenvalue weighted by molar-refractivity contribution is -0.127. The van der Waals surface area contributed by atoms with E-state index in [0.29, 0.717) is 24.8 Å². The second-order valence-corrected chi connectivity index (χ2v) is 5.71. The number of hydrogen-bond acceptors (Lipinski definition) is 5. The number of rotatable bonds is 2. The maximum absolute atomic E-state index is 10.9. The van der Waals surface area contributed by atoms with Crippen LogP contribution in [0.4, 0.5) is 0 Å². The molecule has 4 rings (SSSR count). The first kappa shape index (κ1) is 12.5. The summed E-state index contributed by atoms with van der Waals surface area (Å²) in [5.74, 6) is 0. The number of nitrogens with one attached hydrogen (secondary N) is 1. The van der Waals surface area contributed by atoms with Crippen LogP contribution in [0.3, 0.4) is 0 Å². The summed E-state index contributed by atoms with van der Waals surface area (Å²) in [5.41, 5.74) is 1.33. The largest absolute Gasteiger partial charge is 0.382 e. The number of aromatic nitrogens is 5. The highest BCUT2D eigenvalue weighted by atomic mass is 16.3. The van der Waals surface area contributed by atoms with Gasteiger partial charge in [-0.3, -0.25) is 4.68 Å². The molecule has 0 amide bonds. The van der Waals surface area contributed by atoms with Crippen LogP contribution in [0.5, 0.6) is 0 Å². The number of aromatic amines is 1. The number of fused-ring (bicyclic) bond motifs is 3. The zero-order valence-corrected chi connectivity index (χ0v) is 11.4. The Morgan fingerprint density at radius 3 is 2.95 bits per heavy atom. The van der Waals surface area contributed by atoms with Crippen molar-refractivity contribution in [1.29, 1.82) is 0 Å². The fourth-order valence-electron chi connectivity index (χ4n) is 3.17. The van der Waals surface area contributed by atoms with Crippen LogP contribution in [0.25, 0.3) is 22.1 Å². The molecule has 7 nitrogen and oxygen atoms in total. The Balaban J connectivity index is 1.77. The number of carbonyl (C=O) groups is 1. The van der Waals surface area contributed by atoms with Gasteiger partial charge in [-0.25, -0.2) is 15.2 Å². The monoisotopic (exact) mass is 285 g/mol. The van der Waals surface area contributed by atoms with E-state index < -0.39 is 5.60 Å². The molecule has 1 saturated carbocycles. The first-order chi connectivity index (χ1) is 10.2. The van der Waals surface area contributed by atoms with Crippen molar-refractivity contribution >= 4 is 28.4 Å². The smallest absolute Gasteiger partial charge is 0.161 e. The van der Waals surface area contributed by atoms with Crippen molar-refractivity contribution in [3.05, 3.63) is 18.5 Å². The zero-order chi connectivity index (χ0) is 14.4. The molecule has 0 aromatic carbocycles. The summed E-state index contributed by atoms with van der Waals surface area (Å²) in [6.45, 7) is 0. The van der Waals surface area contributed by atoms with Gasteiger partial charge in [0.15, 0.2) is 11.9 Å². The number of aliphatic hydroxyl groups is 1. The maximum atomic E-state index is 10.9. The Bertz CT molecular complexity index is 813. The van der Waals surface area contributed by atoms with Crippen LogP contribution in [-0.2, 0) is 4.79 Å². The number of nitrogens with zero attached hydrogens (tertiary/aromatic N) is 4. The first-order valence-electron chi connectivity index (χ1n) is 7.05. The van der Waals surface area contributed by atoms with Gasteiger partial charge in [0.2, 0.25) is 0 Å². The second-order valence-electron chi connectivity index (χ2n) is 5.71. The molecular formula is C14H15N5O2. The van der Waals surface area contributed by atoms with Crippen molar-refractivity contribution in [3.8, 4) is 0 Å². The third-order valence-electron chi connectivity index (χ3n) is 4.41. The van der Waals surface area contributed by atoms with Gasteiger partial charge in [-0.1, -0.05) is 0 Å². The van der Waals surface area contributed by atoms with Gasteiger partial charge in [0.1, 0.15) is 11.1 Å². The minimum atomic E-state index is -1.16. The van der Waals surface area contributed by atoms with E-state index in [0.717, 1.165) is 29.3 Å². The van der Waals surface area contributed by atoms with Crippen molar-refractivity contribution in [2.24, 2.45) is 0 Å². The van der Waals surface area contributed by atoms with Crippen molar-refractivity contribution in [2.75, 3.05) is 0 Å². The van der Waals surface area contributed by atoms with Gasteiger partial charge in [0.25, 0.3) is 0 Å². The Morgan fingerprint density at radius 2 is 2.19 bits per heavy atom. The van der Waals surface area contributed by atoms with E-state index in [2.05, 4.69) is 20.3 Å². The fraction of sp³-hybridized carbons (Fsp3) is 0.429. The summed E-state index contributed by atoms with van der Waals surface area (Å²) in [7, 11) is 0. The molecule has 2 N–H and O–H groups in total. The van der Waals surface area contributed by atoms with Crippen molar-refractivity contribution in [3.63, 3.8) is 0 Å². The lowest BCUT2D eigenvalue weighted by atomic mass is 9.83. The Kier molecular flexibility index (Phi) is 2.58. The lowest BCUT2D eigenvalue weighted by Crippen LogP contribution is -2.36. The molecule has 0 atom stereocenters. The van der Waals surface area contributed by atoms with Crippen LogP contribution >= 0.6 is 0 Å². The zero-order valence-electron chi connectivity index (χ0n) is 11.4. The third kappa shape index (κ3) is 1.84. The van der Waals surface area contributed by atoms with E-state index in [9.17, 15) is 9.90 Å². The molecule has 3 aromatic rings. The highest BCUT2D eigenvalue weighted by Gasteiger charge is 2.34. The summed E-state index contributed by atoms with van der Waals surface area (Å²) >= 11 is 0. The summed E-state index contributed by atoms with van der Waals surface area (Å²) in [6.07, 6.45) is 6.53. The molecule has 0 aliphatic heterocycles. The summed E-state index contributed by atoms with van der Waals surface area (Å²) < 4.78 is 2.02. The molecule has 0 unspecified atom stereocenters. The predicted molar refractivity (Wildman–Crippen MR) is 75.7 cm³/mol. The van der Waals surface area contributed by atoms with E-state index in [1.54, 1.807) is 12.4 Å². The number of H-pyrrole nitrogens is 1. The third-order valence-corrected chi connectivity index (χ3v) is 4.41. The van der Waals surface area contributed by atoms with Gasteiger partial charge < -0.3 is 9.90 Å². The minimum absolute atomic E-state index is 0.190. The van der Waals surface area contributed by atoms with Gasteiger partial charge in [-0.2, -0.15) is 5.10 Å². The molecule has 108 valence electrons. The molecule has 7 heteroatoms. The molecule has 1 aliphatic rings. The molecular weight excluding hydrogens is 270 g/mol. The number of carbonyl (C=O) groups excluding carboxylic acids is 1. The van der Waals surface area contributed by atoms with E-state index in [1.807, 2.05) is 10.7 Å². The molecule has 0 saturated heterocycles. The van der Waals surface area contributed by atoms with Crippen LogP contribution < -0.4 is 0 Å². The highest BCUT2D eigenvalue weighted by Crippen LogP contribution is 2.35. The average Bonchev–Trinajstić information content (AvgIpc) is 3.13. The summed E-state index contributed by atoms with van der Waals surface area (Å²) in [6, 6.07) is 2.12. The highest BCUT2D eigenvalue weighted by molar-refractivity contribution is 6.00.